The molecule has 0 unspecified atom stereocenters. The quantitative estimate of drug-likeness (QED) is 0.551. The maximum absolute atomic E-state index is 12.6. The van der Waals surface area contributed by atoms with Crippen LogP contribution in [-0.4, -0.2) is 28.8 Å². The molecule has 2 aromatic rings. The minimum atomic E-state index is -0.288. The highest BCUT2D eigenvalue weighted by Crippen LogP contribution is 2.40. The molecule has 0 N–H and O–H groups in total. The normalized spacial score (nSPS) is 26.1. The smallest absolute Gasteiger partial charge is 0.414 e. The molecule has 0 bridgehead atoms. The van der Waals surface area contributed by atoms with E-state index in [9.17, 15) is 10.1 Å². The topological polar surface area (TPSA) is 71.2 Å². The molecular formula is C27H36N4O2. The highest BCUT2D eigenvalue weighted by molar-refractivity contribution is 5.95. The Bertz CT molecular complexity index is 1050. The van der Waals surface area contributed by atoms with Crippen LogP contribution in [0, 0.1) is 23.2 Å². The number of ether oxygens (including phenoxy) is 1. The third kappa shape index (κ3) is 4.11. The Morgan fingerprint density at radius 3 is 2.58 bits per heavy atom. The van der Waals surface area contributed by atoms with E-state index in [0.717, 1.165) is 56.1 Å². The lowest BCUT2D eigenvalue weighted by Crippen LogP contribution is -2.42. The van der Waals surface area contributed by atoms with E-state index in [-0.39, 0.29) is 18.1 Å². The molecule has 2 aliphatic carbocycles. The number of aryl methyl sites for hydroxylation is 1. The minimum absolute atomic E-state index is 0.123. The number of amides is 1. The van der Waals surface area contributed by atoms with Gasteiger partial charge >= 0.3 is 6.09 Å². The predicted molar refractivity (Wildman–Crippen MR) is 129 cm³/mol. The molecule has 1 amide bonds. The van der Waals surface area contributed by atoms with Crippen molar-refractivity contribution < 1.29 is 9.53 Å². The van der Waals surface area contributed by atoms with Crippen molar-refractivity contribution in [1.82, 2.24) is 9.55 Å². The van der Waals surface area contributed by atoms with E-state index in [4.69, 9.17) is 9.72 Å². The van der Waals surface area contributed by atoms with Crippen LogP contribution >= 0.6 is 0 Å². The highest BCUT2D eigenvalue weighted by atomic mass is 16.5. The molecule has 1 aromatic heterocycles. The van der Waals surface area contributed by atoms with Crippen molar-refractivity contribution in [3.63, 3.8) is 0 Å². The van der Waals surface area contributed by atoms with Gasteiger partial charge in [-0.15, -0.1) is 0 Å². The Morgan fingerprint density at radius 2 is 1.88 bits per heavy atom. The zero-order chi connectivity index (χ0) is 22.9. The number of carbonyl (C=O) groups is 1. The van der Waals surface area contributed by atoms with Crippen molar-refractivity contribution in [3.05, 3.63) is 23.5 Å². The summed E-state index contributed by atoms with van der Waals surface area (Å²) in [7, 11) is 1.46. The van der Waals surface area contributed by atoms with Gasteiger partial charge in [-0.3, -0.25) is 4.90 Å². The lowest BCUT2D eigenvalue weighted by molar-refractivity contribution is 0.175. The van der Waals surface area contributed by atoms with Crippen LogP contribution in [0.1, 0.15) is 88.6 Å². The lowest BCUT2D eigenvalue weighted by Gasteiger charge is -2.34. The molecule has 2 heterocycles. The number of imidazole rings is 1. The summed E-state index contributed by atoms with van der Waals surface area (Å²) in [4.78, 5) is 19.7. The molecule has 2 saturated carbocycles. The van der Waals surface area contributed by atoms with Crippen LogP contribution in [0.2, 0.25) is 0 Å². The number of methoxy groups -OCH3 is 1. The number of carbonyl (C=O) groups excluding carboxylic acids is 1. The van der Waals surface area contributed by atoms with Gasteiger partial charge in [-0.1, -0.05) is 19.3 Å². The number of hydrogen-bond donors (Lipinski definition) is 0. The predicted octanol–water partition coefficient (Wildman–Crippen LogP) is 6.32. The highest BCUT2D eigenvalue weighted by Gasteiger charge is 2.33. The first-order valence-corrected chi connectivity index (χ1v) is 12.9. The molecule has 6 heteroatoms. The number of nitrogens with zero attached hydrogens (tertiary/aromatic N) is 4. The third-order valence-corrected chi connectivity index (χ3v) is 8.34. The first kappa shape index (κ1) is 22.3. The zero-order valence-corrected chi connectivity index (χ0v) is 20.1. The third-order valence-electron chi connectivity index (χ3n) is 8.34. The zero-order valence-electron chi connectivity index (χ0n) is 20.1. The van der Waals surface area contributed by atoms with Crippen molar-refractivity contribution >= 4 is 22.8 Å². The van der Waals surface area contributed by atoms with Crippen LogP contribution in [0.3, 0.4) is 0 Å². The largest absolute Gasteiger partial charge is 0.452 e. The van der Waals surface area contributed by atoms with Crippen LogP contribution in [0.15, 0.2) is 12.1 Å². The second-order valence-electron chi connectivity index (χ2n) is 10.4. The summed E-state index contributed by atoms with van der Waals surface area (Å²) in [6.45, 7) is 2.09. The number of anilines is 1. The number of rotatable bonds is 3. The van der Waals surface area contributed by atoms with Crippen molar-refractivity contribution in [2.45, 2.75) is 96.1 Å². The van der Waals surface area contributed by atoms with Gasteiger partial charge in [-0.25, -0.2) is 9.78 Å². The van der Waals surface area contributed by atoms with E-state index in [1.54, 1.807) is 4.90 Å². The van der Waals surface area contributed by atoms with Crippen molar-refractivity contribution in [1.29, 1.82) is 5.26 Å². The summed E-state index contributed by atoms with van der Waals surface area (Å²) in [5, 5.41) is 9.28. The standard InChI is InChI=1S/C27H36N4O2/c1-18-8-13-22-23(30(18)27(32)33-2)14-15-24-26(22)29-25(31(24)21-6-4-3-5-7-21)16-19-9-11-20(17-28)12-10-19/h14-15,18-21H,3-13,16H2,1-2H3/t18-,19?,20?/m0/s1. The number of nitriles is 1. The Hall–Kier alpha value is -2.55. The molecule has 3 aliphatic rings. The Balaban J connectivity index is 1.56. The summed E-state index contributed by atoms with van der Waals surface area (Å²) in [5.41, 5.74) is 4.47. The van der Waals surface area contributed by atoms with Gasteiger partial charge in [0.2, 0.25) is 0 Å². The second-order valence-corrected chi connectivity index (χ2v) is 10.4. The number of benzene rings is 1. The Labute approximate surface area is 196 Å². The number of aromatic nitrogens is 2. The van der Waals surface area contributed by atoms with Gasteiger partial charge < -0.3 is 9.30 Å². The van der Waals surface area contributed by atoms with Gasteiger partial charge in [0.15, 0.2) is 0 Å². The summed E-state index contributed by atoms with van der Waals surface area (Å²) in [5.74, 6) is 2.06. The fourth-order valence-corrected chi connectivity index (χ4v) is 6.47. The van der Waals surface area contributed by atoms with Crippen molar-refractivity contribution in [2.24, 2.45) is 11.8 Å². The molecule has 33 heavy (non-hydrogen) atoms. The monoisotopic (exact) mass is 448 g/mol. The van der Waals surface area contributed by atoms with E-state index in [1.807, 2.05) is 0 Å². The SMILES string of the molecule is COC(=O)N1c2ccc3c(nc(CC4CCC(C#N)CC4)n3C3CCCCC3)c2CC[C@@H]1C. The lowest BCUT2D eigenvalue weighted by atomic mass is 9.81. The molecule has 5 rings (SSSR count). The van der Waals surface area contributed by atoms with E-state index < -0.39 is 0 Å². The first-order chi connectivity index (χ1) is 16.1. The van der Waals surface area contributed by atoms with E-state index >= 15 is 0 Å². The minimum Gasteiger partial charge on any atom is -0.452 e. The van der Waals surface area contributed by atoms with Gasteiger partial charge in [0.1, 0.15) is 5.82 Å². The first-order valence-electron chi connectivity index (χ1n) is 12.9. The van der Waals surface area contributed by atoms with Gasteiger partial charge in [-0.2, -0.15) is 5.26 Å². The van der Waals surface area contributed by atoms with Crippen molar-refractivity contribution in [3.8, 4) is 6.07 Å². The maximum atomic E-state index is 12.6. The summed E-state index contributed by atoms with van der Waals surface area (Å²) in [6, 6.07) is 7.42. The van der Waals surface area contributed by atoms with Crippen LogP contribution in [0.4, 0.5) is 10.5 Å². The van der Waals surface area contributed by atoms with Crippen LogP contribution in [0.5, 0.6) is 0 Å². The van der Waals surface area contributed by atoms with Crippen molar-refractivity contribution in [2.75, 3.05) is 12.0 Å². The average Bonchev–Trinajstić information content (AvgIpc) is 3.22. The van der Waals surface area contributed by atoms with E-state index in [2.05, 4.69) is 29.7 Å². The summed E-state index contributed by atoms with van der Waals surface area (Å²) in [6.07, 6.45) is 13.2. The molecule has 0 spiro atoms. The molecule has 1 atom stereocenters. The fraction of sp³-hybridized carbons (Fsp3) is 0.667. The molecule has 0 saturated heterocycles. The molecule has 2 fully saturated rings. The molecular weight excluding hydrogens is 412 g/mol. The van der Waals surface area contributed by atoms with Crippen LogP contribution in [0.25, 0.3) is 11.0 Å². The molecule has 6 nitrogen and oxygen atoms in total. The second kappa shape index (κ2) is 9.37. The number of fused-ring (bicyclic) bond motifs is 3. The molecule has 0 radical (unpaired) electrons. The fourth-order valence-electron chi connectivity index (χ4n) is 6.47. The Morgan fingerprint density at radius 1 is 1.12 bits per heavy atom. The number of hydrogen-bond acceptors (Lipinski definition) is 4. The average molecular weight is 449 g/mol. The maximum Gasteiger partial charge on any atom is 0.414 e. The molecule has 1 aromatic carbocycles. The van der Waals surface area contributed by atoms with Crippen LogP contribution in [-0.2, 0) is 17.6 Å². The van der Waals surface area contributed by atoms with Crippen LogP contribution < -0.4 is 4.90 Å². The van der Waals surface area contributed by atoms with Gasteiger partial charge in [0, 0.05) is 30.0 Å². The molecule has 1 aliphatic heterocycles. The Kier molecular flexibility index (Phi) is 6.32. The van der Waals surface area contributed by atoms with Gasteiger partial charge in [-0.05, 0) is 76.3 Å². The van der Waals surface area contributed by atoms with Gasteiger partial charge in [0.05, 0.1) is 29.9 Å². The summed E-state index contributed by atoms with van der Waals surface area (Å²) >= 11 is 0. The van der Waals surface area contributed by atoms with E-state index in [0.29, 0.717) is 12.0 Å². The van der Waals surface area contributed by atoms with E-state index in [1.165, 1.54) is 56.1 Å². The molecule has 176 valence electrons. The van der Waals surface area contributed by atoms with Gasteiger partial charge in [0.25, 0.3) is 0 Å². The summed E-state index contributed by atoms with van der Waals surface area (Å²) < 4.78 is 7.67.